The van der Waals surface area contributed by atoms with E-state index < -0.39 is 15.8 Å². The van der Waals surface area contributed by atoms with Gasteiger partial charge in [-0.2, -0.15) is 0 Å². The van der Waals surface area contributed by atoms with E-state index in [1.54, 1.807) is 0 Å². The van der Waals surface area contributed by atoms with Gasteiger partial charge in [0.25, 0.3) is 0 Å². The van der Waals surface area contributed by atoms with Crippen molar-refractivity contribution in [2.45, 2.75) is 0 Å². The molecule has 74 heavy (non-hydrogen) atoms. The number of fused-ring (bicyclic) bond motifs is 4. The molecule has 4 heteroatoms. The van der Waals surface area contributed by atoms with Crippen molar-refractivity contribution in [2.75, 3.05) is 12.3 Å². The molecular weight excluding hydrogens is 1210 g/mol. The molecule has 12 aromatic carbocycles. The zero-order valence-electron chi connectivity index (χ0n) is 40.6. The van der Waals surface area contributed by atoms with Crippen LogP contribution in [0.25, 0.3) is 65.3 Å². The number of hydrogen-bond acceptors (Lipinski definition) is 0. The van der Waals surface area contributed by atoms with Gasteiger partial charge in [-0.05, 0) is 92.3 Å². The van der Waals surface area contributed by atoms with E-state index in [4.69, 9.17) is 12.8 Å². The van der Waals surface area contributed by atoms with Crippen molar-refractivity contribution >= 4 is 80.2 Å². The Kier molecular flexibility index (Phi) is 19.0. The van der Waals surface area contributed by atoms with Gasteiger partial charge in [-0.25, -0.2) is 0 Å². The standard InChI is InChI=1S/C26H24P2.2C22H13.Ag.Au/c1-5-13-23(14-6-1)27(24-15-7-2-8-16-24)21-22-28(25-17-9-3-10-18-25)26-19-11-4-12-20-26;2*1-2-17-18-12-6-8-14-20(18)22(16-10-4-3-5-11-16)21-15-9-7-13-19(17)21;;/h1-20H,21-22H2;2*3-15H;;/q;2*-1;2*+1/p+2. The second-order valence-corrected chi connectivity index (χ2v) is 22.8. The predicted octanol–water partition coefficient (Wildman–Crippen LogP) is 15.9. The fourth-order valence-corrected chi connectivity index (χ4v) is 16.3. The third-order valence-corrected chi connectivity index (χ3v) is 19.5. The Hall–Kier alpha value is -6.86. The summed E-state index contributed by atoms with van der Waals surface area (Å²) in [6.07, 6.45) is 18.0. The Balaban J connectivity index is 0.000000147. The molecule has 12 aromatic rings. The van der Waals surface area contributed by atoms with Crippen LogP contribution in [0.15, 0.2) is 279 Å². The molecular formula is C70H52AgAuP2+2. The molecule has 0 aliphatic rings. The van der Waals surface area contributed by atoms with Crippen molar-refractivity contribution in [2.24, 2.45) is 0 Å². The smallest absolute Gasteiger partial charge is 0.366 e. The minimum absolute atomic E-state index is 0. The van der Waals surface area contributed by atoms with Gasteiger partial charge in [-0.15, -0.1) is 11.1 Å². The average molecular weight is 1260 g/mol. The molecule has 0 unspecified atom stereocenters. The molecule has 0 heterocycles. The molecule has 12 rings (SSSR count). The maximum absolute atomic E-state index is 7.73. The van der Waals surface area contributed by atoms with Gasteiger partial charge in [-0.1, -0.05) is 252 Å². The molecule has 0 aromatic heterocycles. The summed E-state index contributed by atoms with van der Waals surface area (Å²) >= 11 is 0. The van der Waals surface area contributed by atoms with Crippen LogP contribution in [0.3, 0.4) is 0 Å². The van der Waals surface area contributed by atoms with Crippen LogP contribution in [-0.4, -0.2) is 12.3 Å². The van der Waals surface area contributed by atoms with Gasteiger partial charge in [0, 0.05) is 0 Å². The molecule has 0 spiro atoms. The summed E-state index contributed by atoms with van der Waals surface area (Å²) in [4.78, 5) is 0. The first-order valence-corrected chi connectivity index (χ1v) is 27.9. The van der Waals surface area contributed by atoms with E-state index in [1.165, 1.54) is 77.3 Å². The van der Waals surface area contributed by atoms with E-state index in [-0.39, 0.29) is 44.8 Å². The molecule has 0 aliphatic carbocycles. The molecule has 0 nitrogen and oxygen atoms in total. The zero-order chi connectivity index (χ0) is 48.9. The Labute approximate surface area is 470 Å². The molecule has 0 bridgehead atoms. The van der Waals surface area contributed by atoms with Gasteiger partial charge in [0.1, 0.15) is 12.3 Å². The average Bonchev–Trinajstić information content (AvgIpc) is 3.47. The van der Waals surface area contributed by atoms with Gasteiger partial charge in [-0.3, -0.25) is 11.8 Å². The summed E-state index contributed by atoms with van der Waals surface area (Å²) in [5, 5.41) is 15.0. The summed E-state index contributed by atoms with van der Waals surface area (Å²) < 4.78 is 0. The Bertz CT molecular complexity index is 3370. The third-order valence-electron chi connectivity index (χ3n) is 13.4. The quantitative estimate of drug-likeness (QED) is 0.0444. The van der Waals surface area contributed by atoms with Gasteiger partial charge < -0.3 is 12.8 Å². The van der Waals surface area contributed by atoms with Gasteiger partial charge in [0.2, 0.25) is 0 Å². The van der Waals surface area contributed by atoms with Crippen LogP contribution in [0.5, 0.6) is 0 Å². The van der Waals surface area contributed by atoms with Crippen molar-refractivity contribution < 1.29 is 44.8 Å². The molecule has 0 amide bonds. The maximum atomic E-state index is 7.73. The fourth-order valence-electron chi connectivity index (χ4n) is 10.1. The molecule has 0 radical (unpaired) electrons. The summed E-state index contributed by atoms with van der Waals surface area (Å²) in [6, 6.07) is 98.5. The summed E-state index contributed by atoms with van der Waals surface area (Å²) in [5.41, 5.74) is 6.59. The van der Waals surface area contributed by atoms with Crippen LogP contribution in [0, 0.1) is 24.7 Å². The van der Waals surface area contributed by atoms with E-state index in [0.717, 1.165) is 32.7 Å². The first-order valence-electron chi connectivity index (χ1n) is 24.5. The monoisotopic (exact) mass is 1260 g/mol. The first-order chi connectivity index (χ1) is 35.7. The molecule has 0 saturated carbocycles. The largest absolute Gasteiger partial charge is 1.00 e. The van der Waals surface area contributed by atoms with Crippen molar-refractivity contribution in [1.82, 2.24) is 0 Å². The molecule has 0 fully saturated rings. The Morgan fingerprint density at radius 1 is 0.257 bits per heavy atom. The fraction of sp³-hybridized carbons (Fsp3) is 0.0286. The Morgan fingerprint density at radius 3 is 0.662 bits per heavy atom. The normalized spacial score (nSPS) is 10.5. The number of rotatable bonds is 9. The topological polar surface area (TPSA) is 0 Å². The maximum Gasteiger partial charge on any atom is 1.00 e. The number of hydrogen-bond donors (Lipinski definition) is 0. The van der Waals surface area contributed by atoms with Crippen molar-refractivity contribution in [3.05, 3.63) is 303 Å². The van der Waals surface area contributed by atoms with Crippen LogP contribution in [0.1, 0.15) is 11.1 Å². The van der Waals surface area contributed by atoms with Gasteiger partial charge in [0.05, 0.1) is 37.1 Å². The van der Waals surface area contributed by atoms with E-state index in [1.807, 2.05) is 36.4 Å². The van der Waals surface area contributed by atoms with E-state index in [0.29, 0.717) is 0 Å². The molecule has 0 N–H and O–H groups in total. The molecule has 0 atom stereocenters. The summed E-state index contributed by atoms with van der Waals surface area (Å²) in [5.74, 6) is 5.28. The SMILES string of the molecule is [Ag+].[Au+].[C-]#Cc1c2ccccc2c(-c2ccccc2)c2ccccc12.[C-]#Cc1c2ccccc2c(-c2ccccc2)c2ccccc12.c1ccc([PH+](CC[PH+](c2ccccc2)c2ccccc2)c2ccccc2)cc1. The summed E-state index contributed by atoms with van der Waals surface area (Å²) in [7, 11) is -1.57. The Morgan fingerprint density at radius 2 is 0.446 bits per heavy atom. The number of benzene rings is 12. The van der Waals surface area contributed by atoms with E-state index in [2.05, 4.69) is 254 Å². The molecule has 0 saturated heterocycles. The molecule has 0 aliphatic heterocycles. The van der Waals surface area contributed by atoms with Crippen LogP contribution in [-0.2, 0) is 44.8 Å². The van der Waals surface area contributed by atoms with E-state index in [9.17, 15) is 0 Å². The van der Waals surface area contributed by atoms with Crippen molar-refractivity contribution in [3.63, 3.8) is 0 Å². The minimum atomic E-state index is -0.783. The zero-order valence-corrected chi connectivity index (χ0v) is 46.2. The second-order valence-electron chi connectivity index (χ2n) is 17.6. The van der Waals surface area contributed by atoms with Crippen molar-refractivity contribution in [1.29, 1.82) is 0 Å². The van der Waals surface area contributed by atoms with Crippen LogP contribution in [0.4, 0.5) is 0 Å². The van der Waals surface area contributed by atoms with Gasteiger partial charge in [0.15, 0.2) is 0 Å². The van der Waals surface area contributed by atoms with Crippen LogP contribution >= 0.6 is 15.8 Å². The van der Waals surface area contributed by atoms with Crippen molar-refractivity contribution in [3.8, 4) is 34.1 Å². The van der Waals surface area contributed by atoms with Crippen LogP contribution in [0.2, 0.25) is 0 Å². The second kappa shape index (κ2) is 26.4. The van der Waals surface area contributed by atoms with Gasteiger partial charge >= 0.3 is 44.8 Å². The third kappa shape index (κ3) is 11.9. The summed E-state index contributed by atoms with van der Waals surface area (Å²) in [6.45, 7) is 0. The molecule has 362 valence electrons. The minimum Gasteiger partial charge on any atom is -0.366 e. The van der Waals surface area contributed by atoms with E-state index >= 15 is 0 Å². The van der Waals surface area contributed by atoms with Crippen LogP contribution < -0.4 is 21.2 Å². The predicted molar refractivity (Wildman–Crippen MR) is 317 cm³/mol. The first kappa shape index (κ1) is 53.4.